The summed E-state index contributed by atoms with van der Waals surface area (Å²) >= 11 is 0. The third-order valence-corrected chi connectivity index (χ3v) is 2.63. The molecule has 0 bridgehead atoms. The van der Waals surface area contributed by atoms with Gasteiger partial charge in [-0.15, -0.1) is 0 Å². The topological polar surface area (TPSA) is 40.5 Å². The van der Waals surface area contributed by atoms with E-state index in [1.165, 1.54) is 0 Å². The second kappa shape index (κ2) is 2.91. The molecule has 0 fully saturated rings. The lowest BCUT2D eigenvalue weighted by Gasteiger charge is -2.08. The van der Waals surface area contributed by atoms with Crippen LogP contribution < -0.4 is 0 Å². The van der Waals surface area contributed by atoms with Crippen LogP contribution in [-0.2, 0) is 0 Å². The van der Waals surface area contributed by atoms with E-state index in [0.717, 1.165) is 21.9 Å². The fourth-order valence-electron chi connectivity index (χ4n) is 1.67. The van der Waals surface area contributed by atoms with Crippen LogP contribution >= 0.6 is 0 Å². The van der Waals surface area contributed by atoms with E-state index in [0.29, 0.717) is 0 Å². The van der Waals surface area contributed by atoms with Gasteiger partial charge in [-0.2, -0.15) is 0 Å². The van der Waals surface area contributed by atoms with Crippen molar-refractivity contribution >= 4 is 10.8 Å². The number of aromatic hydroxyl groups is 2. The van der Waals surface area contributed by atoms with Crippen molar-refractivity contribution in [3.8, 4) is 11.5 Å². The van der Waals surface area contributed by atoms with Crippen molar-refractivity contribution in [2.45, 2.75) is 13.8 Å². The van der Waals surface area contributed by atoms with E-state index in [9.17, 15) is 10.2 Å². The van der Waals surface area contributed by atoms with Gasteiger partial charge < -0.3 is 10.2 Å². The van der Waals surface area contributed by atoms with Crippen molar-refractivity contribution in [3.05, 3.63) is 35.4 Å². The lowest BCUT2D eigenvalue weighted by atomic mass is 10.00. The summed E-state index contributed by atoms with van der Waals surface area (Å²) in [6.07, 6.45) is 0. The van der Waals surface area contributed by atoms with Crippen molar-refractivity contribution in [1.82, 2.24) is 0 Å². The summed E-state index contributed by atoms with van der Waals surface area (Å²) in [6.45, 7) is 3.93. The lowest BCUT2D eigenvalue weighted by molar-refractivity contribution is 0.475. The molecule has 2 heteroatoms. The first-order chi connectivity index (χ1) is 6.59. The zero-order valence-corrected chi connectivity index (χ0v) is 8.20. The first-order valence-corrected chi connectivity index (χ1v) is 4.51. The van der Waals surface area contributed by atoms with E-state index in [-0.39, 0.29) is 11.5 Å². The Labute approximate surface area is 82.4 Å². The number of fused-ring (bicyclic) bond motifs is 1. The first-order valence-electron chi connectivity index (χ1n) is 4.51. The van der Waals surface area contributed by atoms with Gasteiger partial charge in [0.25, 0.3) is 0 Å². The molecule has 2 aromatic rings. The Kier molecular flexibility index (Phi) is 1.84. The fraction of sp³-hybridized carbons (Fsp3) is 0.167. The summed E-state index contributed by atoms with van der Waals surface area (Å²) < 4.78 is 0. The predicted molar refractivity (Wildman–Crippen MR) is 56.8 cm³/mol. The molecule has 2 nitrogen and oxygen atoms in total. The van der Waals surface area contributed by atoms with E-state index >= 15 is 0 Å². The predicted octanol–water partition coefficient (Wildman–Crippen LogP) is 2.87. The Morgan fingerprint density at radius 1 is 0.929 bits per heavy atom. The highest BCUT2D eigenvalue weighted by Gasteiger charge is 2.06. The van der Waals surface area contributed by atoms with Crippen LogP contribution in [0.2, 0.25) is 0 Å². The average molecular weight is 188 g/mol. The normalized spacial score (nSPS) is 10.7. The van der Waals surface area contributed by atoms with Crippen LogP contribution in [-0.4, -0.2) is 10.2 Å². The number of benzene rings is 2. The number of aryl methyl sites for hydroxylation is 2. The molecule has 0 aliphatic carbocycles. The maximum atomic E-state index is 9.69. The molecule has 0 aromatic heterocycles. The minimum absolute atomic E-state index is 0.227. The Balaban J connectivity index is 2.95. The number of phenolic OH excluding ortho intramolecular Hbond substituents is 2. The molecule has 0 radical (unpaired) electrons. The summed E-state index contributed by atoms with van der Waals surface area (Å²) in [6, 6.07) is 6.73. The van der Waals surface area contributed by atoms with Gasteiger partial charge in [0.15, 0.2) is 0 Å². The molecule has 0 aliphatic heterocycles. The molecule has 2 rings (SSSR count). The zero-order valence-electron chi connectivity index (χ0n) is 8.20. The number of hydrogen-bond donors (Lipinski definition) is 2. The van der Waals surface area contributed by atoms with Crippen molar-refractivity contribution in [3.63, 3.8) is 0 Å². The van der Waals surface area contributed by atoms with Crippen LogP contribution in [0.3, 0.4) is 0 Å². The first kappa shape index (κ1) is 8.88. The molecule has 72 valence electrons. The van der Waals surface area contributed by atoms with Gasteiger partial charge in [0.2, 0.25) is 0 Å². The molecule has 0 amide bonds. The van der Waals surface area contributed by atoms with Crippen LogP contribution in [0.5, 0.6) is 11.5 Å². The Morgan fingerprint density at radius 2 is 1.64 bits per heavy atom. The molecule has 0 saturated heterocycles. The second-order valence-electron chi connectivity index (χ2n) is 3.57. The summed E-state index contributed by atoms with van der Waals surface area (Å²) in [5.74, 6) is 0.494. The number of rotatable bonds is 0. The van der Waals surface area contributed by atoms with Gasteiger partial charge in [-0.3, -0.25) is 0 Å². The maximum Gasteiger partial charge on any atom is 0.123 e. The van der Waals surface area contributed by atoms with Crippen LogP contribution in [0, 0.1) is 13.8 Å². The molecule has 0 saturated carbocycles. The van der Waals surface area contributed by atoms with Crippen molar-refractivity contribution in [1.29, 1.82) is 0 Å². The Hall–Kier alpha value is -1.70. The number of phenols is 2. The molecule has 0 heterocycles. The van der Waals surface area contributed by atoms with Crippen molar-refractivity contribution < 1.29 is 10.2 Å². The van der Waals surface area contributed by atoms with Crippen LogP contribution in [0.4, 0.5) is 0 Å². The monoisotopic (exact) mass is 188 g/mol. The van der Waals surface area contributed by atoms with Gasteiger partial charge in [-0.25, -0.2) is 0 Å². The molecule has 14 heavy (non-hydrogen) atoms. The SMILES string of the molecule is Cc1cc(O)c2ccc(O)cc2c1C. The highest BCUT2D eigenvalue weighted by atomic mass is 16.3. The zero-order chi connectivity index (χ0) is 10.3. The van der Waals surface area contributed by atoms with Gasteiger partial charge in [0.05, 0.1) is 0 Å². The minimum Gasteiger partial charge on any atom is -0.508 e. The highest BCUT2D eigenvalue weighted by Crippen LogP contribution is 2.32. The third kappa shape index (κ3) is 1.20. The number of hydrogen-bond acceptors (Lipinski definition) is 2. The van der Waals surface area contributed by atoms with Crippen LogP contribution in [0.25, 0.3) is 10.8 Å². The minimum atomic E-state index is 0.227. The molecule has 0 unspecified atom stereocenters. The summed E-state index contributed by atoms with van der Waals surface area (Å²) in [5, 5.41) is 20.7. The second-order valence-corrected chi connectivity index (χ2v) is 3.57. The quantitative estimate of drug-likeness (QED) is 0.667. The van der Waals surface area contributed by atoms with Crippen LogP contribution in [0.1, 0.15) is 11.1 Å². The molecule has 0 atom stereocenters. The molecule has 2 N–H and O–H groups in total. The molecule has 0 spiro atoms. The standard InChI is InChI=1S/C12H12O2/c1-7-5-12(14)10-4-3-9(13)6-11(10)8(7)2/h3-6,13-14H,1-2H3. The summed E-state index contributed by atoms with van der Waals surface area (Å²) in [5.41, 5.74) is 2.12. The molecular formula is C12H12O2. The van der Waals surface area contributed by atoms with Gasteiger partial charge in [0, 0.05) is 5.39 Å². The average Bonchev–Trinajstić information content (AvgIpc) is 2.14. The Bertz CT molecular complexity index is 501. The van der Waals surface area contributed by atoms with E-state index < -0.39 is 0 Å². The third-order valence-electron chi connectivity index (χ3n) is 2.63. The van der Waals surface area contributed by atoms with E-state index in [1.807, 2.05) is 13.8 Å². The van der Waals surface area contributed by atoms with Crippen LogP contribution in [0.15, 0.2) is 24.3 Å². The van der Waals surface area contributed by atoms with Gasteiger partial charge in [-0.05, 0) is 54.6 Å². The molecule has 2 aromatic carbocycles. The smallest absolute Gasteiger partial charge is 0.123 e. The highest BCUT2D eigenvalue weighted by molar-refractivity contribution is 5.92. The maximum absolute atomic E-state index is 9.69. The van der Waals surface area contributed by atoms with Gasteiger partial charge in [-0.1, -0.05) is 0 Å². The molecular weight excluding hydrogens is 176 g/mol. The van der Waals surface area contributed by atoms with Gasteiger partial charge in [0.1, 0.15) is 11.5 Å². The van der Waals surface area contributed by atoms with Crippen molar-refractivity contribution in [2.75, 3.05) is 0 Å². The van der Waals surface area contributed by atoms with E-state index in [4.69, 9.17) is 0 Å². The van der Waals surface area contributed by atoms with E-state index in [1.54, 1.807) is 24.3 Å². The molecule has 0 aliphatic rings. The lowest BCUT2D eigenvalue weighted by Crippen LogP contribution is -1.84. The van der Waals surface area contributed by atoms with E-state index in [2.05, 4.69) is 0 Å². The summed E-state index contributed by atoms with van der Waals surface area (Å²) in [7, 11) is 0. The fourth-order valence-corrected chi connectivity index (χ4v) is 1.67. The van der Waals surface area contributed by atoms with Crippen molar-refractivity contribution in [2.24, 2.45) is 0 Å². The largest absolute Gasteiger partial charge is 0.508 e. The Morgan fingerprint density at radius 3 is 2.36 bits per heavy atom. The summed E-state index contributed by atoms with van der Waals surface area (Å²) in [4.78, 5) is 0. The van der Waals surface area contributed by atoms with Gasteiger partial charge >= 0.3 is 0 Å².